The molecule has 33 heavy (non-hydrogen) atoms. The van der Waals surface area contributed by atoms with Crippen LogP contribution in [-0.4, -0.2) is 43.6 Å². The number of fused-ring (bicyclic) bond motifs is 2. The van der Waals surface area contributed by atoms with Gasteiger partial charge in [-0.3, -0.25) is 13.9 Å². The molecule has 0 bridgehead atoms. The van der Waals surface area contributed by atoms with Gasteiger partial charge in [-0.2, -0.15) is 0 Å². The highest BCUT2D eigenvalue weighted by Crippen LogP contribution is 2.23. The van der Waals surface area contributed by atoms with E-state index in [4.69, 9.17) is 4.98 Å². The Morgan fingerprint density at radius 1 is 0.970 bits per heavy atom. The molecule has 7 heteroatoms. The van der Waals surface area contributed by atoms with Crippen molar-refractivity contribution < 1.29 is 4.79 Å². The number of aryl methyl sites for hydroxylation is 1. The number of para-hydroxylation sites is 2. The Balaban J connectivity index is 1.86. The molecule has 0 atom stereocenters. The number of carbonyl (C=O) groups excluding carboxylic acids is 1. The molecule has 4 rings (SSSR count). The van der Waals surface area contributed by atoms with Crippen molar-refractivity contribution in [1.82, 2.24) is 23.6 Å². The van der Waals surface area contributed by atoms with Crippen molar-refractivity contribution in [2.24, 2.45) is 5.92 Å². The summed E-state index contributed by atoms with van der Waals surface area (Å²) >= 11 is 0. The third-order valence-electron chi connectivity index (χ3n) is 6.10. The second-order valence-electron chi connectivity index (χ2n) is 9.59. The van der Waals surface area contributed by atoms with Crippen LogP contribution in [0.3, 0.4) is 0 Å². The highest BCUT2D eigenvalue weighted by molar-refractivity contribution is 5.97. The number of nitrogens with zero attached hydrogens (tertiary/aromatic N) is 5. The summed E-state index contributed by atoms with van der Waals surface area (Å²) in [7, 11) is 3.49. The highest BCUT2D eigenvalue weighted by atomic mass is 16.2. The quantitative estimate of drug-likeness (QED) is 0.418. The summed E-state index contributed by atoms with van der Waals surface area (Å²) in [6, 6.07) is 13.7. The van der Waals surface area contributed by atoms with Crippen LogP contribution in [0.25, 0.3) is 22.1 Å². The molecule has 0 fully saturated rings. The molecule has 174 valence electrons. The average Bonchev–Trinajstić information content (AvgIpc) is 3.25. The van der Waals surface area contributed by atoms with E-state index in [9.17, 15) is 9.59 Å². The molecule has 0 saturated carbocycles. The summed E-state index contributed by atoms with van der Waals surface area (Å²) in [4.78, 5) is 32.4. The second kappa shape index (κ2) is 8.89. The molecule has 0 aliphatic carbocycles. The lowest BCUT2D eigenvalue weighted by atomic mass is 10.1. The Morgan fingerprint density at radius 3 is 2.30 bits per heavy atom. The third kappa shape index (κ3) is 4.19. The van der Waals surface area contributed by atoms with Gasteiger partial charge < -0.3 is 9.47 Å². The van der Waals surface area contributed by atoms with Crippen molar-refractivity contribution >= 4 is 28.0 Å². The maximum Gasteiger partial charge on any atom is 0.329 e. The predicted octanol–water partition coefficient (Wildman–Crippen LogP) is 4.53. The maximum absolute atomic E-state index is 13.4. The van der Waals surface area contributed by atoms with Gasteiger partial charge in [0.2, 0.25) is 0 Å². The topological polar surface area (TPSA) is 65.1 Å². The van der Waals surface area contributed by atoms with E-state index in [-0.39, 0.29) is 17.6 Å². The van der Waals surface area contributed by atoms with Crippen LogP contribution in [0.4, 0.5) is 0 Å². The van der Waals surface area contributed by atoms with Crippen LogP contribution in [0.2, 0.25) is 0 Å². The minimum Gasteiger partial charge on any atom is -0.345 e. The van der Waals surface area contributed by atoms with E-state index in [0.717, 1.165) is 40.9 Å². The molecular weight excluding hydrogens is 414 g/mol. The first kappa shape index (κ1) is 22.8. The van der Waals surface area contributed by atoms with Crippen molar-refractivity contribution in [3.8, 4) is 0 Å². The number of hydrogen-bond donors (Lipinski definition) is 0. The molecule has 0 N–H and O–H groups in total. The molecule has 4 aromatic rings. The Labute approximate surface area is 194 Å². The zero-order valence-corrected chi connectivity index (χ0v) is 20.4. The molecule has 2 aromatic carbocycles. The first-order valence-corrected chi connectivity index (χ1v) is 11.6. The Bertz CT molecular complexity index is 1370. The lowest BCUT2D eigenvalue weighted by Crippen LogP contribution is -2.27. The number of amides is 1. The van der Waals surface area contributed by atoms with E-state index >= 15 is 0 Å². The standard InChI is InChI=1S/C26H33N5O2/c1-17(2)13-14-29-21-12-11-19(25(32)28(5)6)15-20(21)27-24(29)16-30-22-9-7-8-10-23(22)31(18(3)4)26(30)33/h7-12,15,17-18H,13-14,16H2,1-6H3. The van der Waals surface area contributed by atoms with Gasteiger partial charge in [0, 0.05) is 32.2 Å². The van der Waals surface area contributed by atoms with Gasteiger partial charge in [-0.05, 0) is 56.5 Å². The van der Waals surface area contributed by atoms with E-state index < -0.39 is 0 Å². The first-order chi connectivity index (χ1) is 15.7. The van der Waals surface area contributed by atoms with Gasteiger partial charge in [-0.25, -0.2) is 9.78 Å². The van der Waals surface area contributed by atoms with Gasteiger partial charge in [-0.15, -0.1) is 0 Å². The number of imidazole rings is 2. The summed E-state index contributed by atoms with van der Waals surface area (Å²) in [5, 5.41) is 0. The molecule has 0 unspecified atom stereocenters. The minimum atomic E-state index is -0.0496. The number of aromatic nitrogens is 4. The van der Waals surface area contributed by atoms with Crippen LogP contribution in [0.15, 0.2) is 47.3 Å². The summed E-state index contributed by atoms with van der Waals surface area (Å²) in [5.74, 6) is 1.32. The zero-order chi connectivity index (χ0) is 23.9. The van der Waals surface area contributed by atoms with Crippen molar-refractivity contribution in [1.29, 1.82) is 0 Å². The Kier molecular flexibility index (Phi) is 6.15. The van der Waals surface area contributed by atoms with Crippen molar-refractivity contribution in [2.45, 2.75) is 53.2 Å². The van der Waals surface area contributed by atoms with Crippen molar-refractivity contribution in [3.05, 3.63) is 64.3 Å². The largest absolute Gasteiger partial charge is 0.345 e. The fourth-order valence-corrected chi connectivity index (χ4v) is 4.35. The third-order valence-corrected chi connectivity index (χ3v) is 6.10. The summed E-state index contributed by atoms with van der Waals surface area (Å²) in [6.45, 7) is 9.64. The minimum absolute atomic E-state index is 0.0304. The van der Waals surface area contributed by atoms with E-state index in [1.54, 1.807) is 19.0 Å². The van der Waals surface area contributed by atoms with Crippen LogP contribution >= 0.6 is 0 Å². The summed E-state index contributed by atoms with van der Waals surface area (Å²) in [5.41, 5.74) is 4.19. The molecule has 2 aromatic heterocycles. The van der Waals surface area contributed by atoms with Crippen LogP contribution in [-0.2, 0) is 13.1 Å². The van der Waals surface area contributed by atoms with Crippen LogP contribution in [0.1, 0.15) is 56.3 Å². The van der Waals surface area contributed by atoms with Gasteiger partial charge in [0.15, 0.2) is 0 Å². The Morgan fingerprint density at radius 2 is 1.67 bits per heavy atom. The van der Waals surface area contributed by atoms with E-state index in [0.29, 0.717) is 18.0 Å². The zero-order valence-electron chi connectivity index (χ0n) is 20.4. The average molecular weight is 448 g/mol. The molecule has 0 radical (unpaired) electrons. The predicted molar refractivity (Wildman–Crippen MR) is 133 cm³/mol. The highest BCUT2D eigenvalue weighted by Gasteiger charge is 2.19. The lowest BCUT2D eigenvalue weighted by molar-refractivity contribution is 0.0827. The van der Waals surface area contributed by atoms with Gasteiger partial charge in [0.1, 0.15) is 5.82 Å². The molecule has 0 saturated heterocycles. The van der Waals surface area contributed by atoms with Crippen molar-refractivity contribution in [2.75, 3.05) is 14.1 Å². The normalized spacial score (nSPS) is 11.9. The molecular formula is C26H33N5O2. The Hall–Kier alpha value is -3.35. The molecule has 2 heterocycles. The van der Waals surface area contributed by atoms with Gasteiger partial charge >= 0.3 is 5.69 Å². The van der Waals surface area contributed by atoms with Gasteiger partial charge in [-0.1, -0.05) is 26.0 Å². The van der Waals surface area contributed by atoms with Crippen LogP contribution in [0.5, 0.6) is 0 Å². The fraction of sp³-hybridized carbons (Fsp3) is 0.423. The SMILES string of the molecule is CC(C)CCn1c(Cn2c(=O)n(C(C)C)c3ccccc32)nc2cc(C(=O)N(C)C)ccc21. The molecule has 0 aliphatic rings. The molecule has 0 spiro atoms. The van der Waals surface area contributed by atoms with E-state index in [2.05, 4.69) is 18.4 Å². The smallest absolute Gasteiger partial charge is 0.329 e. The number of benzene rings is 2. The van der Waals surface area contributed by atoms with E-state index in [1.165, 1.54) is 0 Å². The van der Waals surface area contributed by atoms with Crippen molar-refractivity contribution in [3.63, 3.8) is 0 Å². The van der Waals surface area contributed by atoms with Gasteiger partial charge in [0.25, 0.3) is 5.91 Å². The number of hydrogen-bond acceptors (Lipinski definition) is 3. The number of carbonyl (C=O) groups is 1. The lowest BCUT2D eigenvalue weighted by Gasteiger charge is -2.12. The first-order valence-electron chi connectivity index (χ1n) is 11.6. The summed E-state index contributed by atoms with van der Waals surface area (Å²) in [6.07, 6.45) is 0.999. The molecule has 0 aliphatic heterocycles. The maximum atomic E-state index is 13.4. The van der Waals surface area contributed by atoms with Crippen LogP contribution < -0.4 is 5.69 Å². The molecule has 1 amide bonds. The van der Waals surface area contributed by atoms with Crippen LogP contribution in [0, 0.1) is 5.92 Å². The summed E-state index contributed by atoms with van der Waals surface area (Å²) < 4.78 is 5.85. The second-order valence-corrected chi connectivity index (χ2v) is 9.59. The molecule has 7 nitrogen and oxygen atoms in total. The van der Waals surface area contributed by atoms with Gasteiger partial charge in [0.05, 0.1) is 28.6 Å². The fourth-order valence-electron chi connectivity index (χ4n) is 4.35. The monoisotopic (exact) mass is 447 g/mol. The van der Waals surface area contributed by atoms with E-state index in [1.807, 2.05) is 65.4 Å². The number of rotatable bonds is 7.